The van der Waals surface area contributed by atoms with Gasteiger partial charge in [0.25, 0.3) is 0 Å². The second kappa shape index (κ2) is 8.88. The zero-order valence-electron chi connectivity index (χ0n) is 16.2. The molecule has 1 heterocycles. The van der Waals surface area contributed by atoms with Gasteiger partial charge in [0, 0.05) is 13.1 Å². The van der Waals surface area contributed by atoms with Crippen LogP contribution in [0.2, 0.25) is 0 Å². The molecule has 3 aromatic carbocycles. The van der Waals surface area contributed by atoms with Gasteiger partial charge in [-0.05, 0) is 41.9 Å². The number of benzene rings is 3. The smallest absolute Gasteiger partial charge is 0.230 e. The summed E-state index contributed by atoms with van der Waals surface area (Å²) < 4.78 is 0. The van der Waals surface area contributed by atoms with Crippen LogP contribution in [0.15, 0.2) is 91.0 Å². The van der Waals surface area contributed by atoms with E-state index in [2.05, 4.69) is 59.5 Å². The molecule has 1 aliphatic heterocycles. The highest BCUT2D eigenvalue weighted by atomic mass is 16.2. The van der Waals surface area contributed by atoms with Crippen molar-refractivity contribution >= 4 is 5.91 Å². The van der Waals surface area contributed by atoms with Crippen molar-refractivity contribution in [1.29, 1.82) is 0 Å². The summed E-state index contributed by atoms with van der Waals surface area (Å²) in [6.45, 7) is 1.69. The minimum atomic E-state index is -0.114. The van der Waals surface area contributed by atoms with Gasteiger partial charge in [-0.25, -0.2) is 0 Å². The largest absolute Gasteiger partial charge is 0.342 e. The van der Waals surface area contributed by atoms with Crippen molar-refractivity contribution in [3.8, 4) is 0 Å². The molecule has 0 aromatic heterocycles. The van der Waals surface area contributed by atoms with Gasteiger partial charge in [0.1, 0.15) is 0 Å². The minimum absolute atomic E-state index is 0.114. The molecule has 1 fully saturated rings. The van der Waals surface area contributed by atoms with E-state index in [9.17, 15) is 4.79 Å². The fourth-order valence-electron chi connectivity index (χ4n) is 4.26. The molecule has 28 heavy (non-hydrogen) atoms. The third kappa shape index (κ3) is 4.33. The lowest BCUT2D eigenvalue weighted by molar-refractivity contribution is -0.133. The Morgan fingerprint density at radius 2 is 1.32 bits per heavy atom. The summed E-state index contributed by atoms with van der Waals surface area (Å²) in [5.74, 6) is 0.716. The Bertz CT molecular complexity index is 868. The molecule has 0 radical (unpaired) electrons. The molecular weight excluding hydrogens is 342 g/mol. The van der Waals surface area contributed by atoms with Gasteiger partial charge in [0.2, 0.25) is 5.91 Å². The quantitative estimate of drug-likeness (QED) is 0.588. The first-order chi connectivity index (χ1) is 13.8. The number of carbonyl (C=O) groups is 1. The van der Waals surface area contributed by atoms with E-state index < -0.39 is 0 Å². The summed E-state index contributed by atoms with van der Waals surface area (Å²) in [6, 6.07) is 31.3. The number of hydrogen-bond donors (Lipinski definition) is 0. The average Bonchev–Trinajstić information content (AvgIpc) is 2.79. The molecule has 1 atom stereocenters. The van der Waals surface area contributed by atoms with Crippen molar-refractivity contribution < 1.29 is 4.79 Å². The van der Waals surface area contributed by atoms with Gasteiger partial charge in [0.05, 0.1) is 5.92 Å². The highest BCUT2D eigenvalue weighted by molar-refractivity contribution is 5.84. The van der Waals surface area contributed by atoms with Crippen LogP contribution in [-0.2, 0) is 11.2 Å². The van der Waals surface area contributed by atoms with Crippen LogP contribution in [0.25, 0.3) is 0 Å². The molecule has 4 rings (SSSR count). The molecule has 0 bridgehead atoms. The van der Waals surface area contributed by atoms with Crippen LogP contribution in [-0.4, -0.2) is 23.9 Å². The van der Waals surface area contributed by atoms with E-state index in [1.165, 1.54) is 11.1 Å². The first-order valence-electron chi connectivity index (χ1n) is 10.2. The summed E-state index contributed by atoms with van der Waals surface area (Å²) in [5, 5.41) is 0. The lowest BCUT2D eigenvalue weighted by atomic mass is 9.87. The van der Waals surface area contributed by atoms with E-state index >= 15 is 0 Å². The molecule has 1 aliphatic rings. The normalized spacial score (nSPS) is 15.9. The van der Waals surface area contributed by atoms with Gasteiger partial charge in [-0.2, -0.15) is 0 Å². The van der Waals surface area contributed by atoms with Gasteiger partial charge in [0.15, 0.2) is 0 Å². The van der Waals surface area contributed by atoms with Crippen molar-refractivity contribution in [2.45, 2.75) is 31.1 Å². The van der Waals surface area contributed by atoms with Crippen molar-refractivity contribution in [3.63, 3.8) is 0 Å². The molecule has 0 N–H and O–H groups in total. The van der Waals surface area contributed by atoms with Gasteiger partial charge >= 0.3 is 0 Å². The maximum Gasteiger partial charge on any atom is 0.230 e. The molecule has 2 nitrogen and oxygen atoms in total. The van der Waals surface area contributed by atoms with Crippen molar-refractivity contribution in [3.05, 3.63) is 108 Å². The standard InChI is InChI=1S/C26H27NO/c28-26(27-18-16-23(17-19-27)22-12-6-2-7-13-22)25(24-14-8-3-9-15-24)20-21-10-4-1-5-11-21/h1-15,23,25H,16-20H2. The zero-order valence-corrected chi connectivity index (χ0v) is 16.2. The van der Waals surface area contributed by atoms with Crippen LogP contribution in [0.4, 0.5) is 0 Å². The zero-order chi connectivity index (χ0) is 19.2. The molecule has 0 aliphatic carbocycles. The second-order valence-electron chi connectivity index (χ2n) is 7.66. The van der Waals surface area contributed by atoms with Crippen LogP contribution in [0.3, 0.4) is 0 Å². The number of hydrogen-bond acceptors (Lipinski definition) is 1. The number of amides is 1. The Hall–Kier alpha value is -2.87. The first kappa shape index (κ1) is 18.5. The van der Waals surface area contributed by atoms with E-state index in [0.29, 0.717) is 5.92 Å². The third-order valence-corrected chi connectivity index (χ3v) is 5.86. The van der Waals surface area contributed by atoms with Crippen LogP contribution in [0, 0.1) is 0 Å². The molecule has 0 saturated carbocycles. The Labute approximate surface area is 167 Å². The fraction of sp³-hybridized carbons (Fsp3) is 0.269. The lowest BCUT2D eigenvalue weighted by Crippen LogP contribution is -2.41. The predicted octanol–water partition coefficient (Wildman–Crippen LogP) is 5.42. The SMILES string of the molecule is O=C(C(Cc1ccccc1)c1ccccc1)N1CCC(c2ccccc2)CC1. The van der Waals surface area contributed by atoms with E-state index in [1.54, 1.807) is 0 Å². The predicted molar refractivity (Wildman–Crippen MR) is 114 cm³/mol. The van der Waals surface area contributed by atoms with Crippen molar-refractivity contribution in [1.82, 2.24) is 4.90 Å². The summed E-state index contributed by atoms with van der Waals surface area (Å²) in [7, 11) is 0. The summed E-state index contributed by atoms with van der Waals surface area (Å²) in [6.07, 6.45) is 2.84. The van der Waals surface area contributed by atoms with Crippen LogP contribution in [0.1, 0.15) is 41.4 Å². The van der Waals surface area contributed by atoms with Gasteiger partial charge in [-0.1, -0.05) is 91.0 Å². The van der Waals surface area contributed by atoms with Gasteiger partial charge < -0.3 is 4.90 Å². The molecule has 3 aromatic rings. The first-order valence-corrected chi connectivity index (χ1v) is 10.2. The van der Waals surface area contributed by atoms with E-state index in [4.69, 9.17) is 0 Å². The second-order valence-corrected chi connectivity index (χ2v) is 7.66. The molecular formula is C26H27NO. The highest BCUT2D eigenvalue weighted by Crippen LogP contribution is 2.30. The molecule has 2 heteroatoms. The molecule has 1 amide bonds. The Morgan fingerprint density at radius 1 is 0.786 bits per heavy atom. The summed E-state index contributed by atoms with van der Waals surface area (Å²) in [5.41, 5.74) is 3.73. The molecule has 1 unspecified atom stereocenters. The average molecular weight is 370 g/mol. The molecule has 142 valence electrons. The van der Waals surface area contributed by atoms with Gasteiger partial charge in [-0.15, -0.1) is 0 Å². The summed E-state index contributed by atoms with van der Waals surface area (Å²) >= 11 is 0. The fourth-order valence-corrected chi connectivity index (χ4v) is 4.26. The minimum Gasteiger partial charge on any atom is -0.342 e. The Kier molecular flexibility index (Phi) is 5.86. The number of likely N-dealkylation sites (tertiary alicyclic amines) is 1. The van der Waals surface area contributed by atoms with Crippen LogP contribution in [0.5, 0.6) is 0 Å². The lowest BCUT2D eigenvalue weighted by Gasteiger charge is -2.34. The number of nitrogens with zero attached hydrogens (tertiary/aromatic N) is 1. The number of carbonyl (C=O) groups excluding carboxylic acids is 1. The van der Waals surface area contributed by atoms with Crippen LogP contribution >= 0.6 is 0 Å². The summed E-state index contributed by atoms with van der Waals surface area (Å²) in [4.78, 5) is 15.6. The third-order valence-electron chi connectivity index (χ3n) is 5.86. The number of piperidine rings is 1. The van der Waals surface area contributed by atoms with Crippen molar-refractivity contribution in [2.24, 2.45) is 0 Å². The molecule has 0 spiro atoms. The van der Waals surface area contributed by atoms with Crippen molar-refractivity contribution in [2.75, 3.05) is 13.1 Å². The van der Waals surface area contributed by atoms with E-state index in [0.717, 1.165) is 37.9 Å². The maximum atomic E-state index is 13.5. The topological polar surface area (TPSA) is 20.3 Å². The molecule has 1 saturated heterocycles. The highest BCUT2D eigenvalue weighted by Gasteiger charge is 2.29. The Morgan fingerprint density at radius 3 is 1.93 bits per heavy atom. The van der Waals surface area contributed by atoms with Crippen LogP contribution < -0.4 is 0 Å². The van der Waals surface area contributed by atoms with E-state index in [-0.39, 0.29) is 11.8 Å². The van der Waals surface area contributed by atoms with Gasteiger partial charge in [-0.3, -0.25) is 4.79 Å². The monoisotopic (exact) mass is 369 g/mol. The Balaban J connectivity index is 1.48. The maximum absolute atomic E-state index is 13.5. The van der Waals surface area contributed by atoms with E-state index in [1.807, 2.05) is 36.4 Å². The number of rotatable bonds is 5.